The number of hydrogen-bond donors (Lipinski definition) is 1. The molecule has 0 bridgehead atoms. The third kappa shape index (κ3) is 2.71. The van der Waals surface area contributed by atoms with Gasteiger partial charge in [-0.2, -0.15) is 0 Å². The summed E-state index contributed by atoms with van der Waals surface area (Å²) in [5, 5.41) is 0. The fraction of sp³-hybridized carbons (Fsp3) is 0.200. The van der Waals surface area contributed by atoms with E-state index in [4.69, 9.17) is 5.73 Å². The van der Waals surface area contributed by atoms with Crippen molar-refractivity contribution in [3.05, 3.63) is 58.6 Å². The smallest absolute Gasteiger partial charge is 0.264 e. The van der Waals surface area contributed by atoms with Crippen LogP contribution in [0.2, 0.25) is 0 Å². The van der Waals surface area contributed by atoms with Gasteiger partial charge in [0.05, 0.1) is 10.6 Å². The van der Waals surface area contributed by atoms with Gasteiger partial charge in [0.15, 0.2) is 0 Å². The van der Waals surface area contributed by atoms with E-state index in [0.29, 0.717) is 13.0 Å². The van der Waals surface area contributed by atoms with Crippen molar-refractivity contribution in [2.24, 2.45) is 5.73 Å². The number of nitrogens with zero attached hydrogens (tertiary/aromatic N) is 1. The molecule has 1 atom stereocenters. The van der Waals surface area contributed by atoms with Crippen LogP contribution < -0.4 is 10.0 Å². The first-order valence-corrected chi connectivity index (χ1v) is 8.83. The van der Waals surface area contributed by atoms with Crippen LogP contribution in [0.5, 0.6) is 0 Å². The summed E-state index contributed by atoms with van der Waals surface area (Å²) < 4.78 is 27.9. The summed E-state index contributed by atoms with van der Waals surface area (Å²) in [6, 6.07) is 14.0. The van der Waals surface area contributed by atoms with Gasteiger partial charge in [0.25, 0.3) is 10.0 Å². The van der Waals surface area contributed by atoms with E-state index >= 15 is 0 Å². The lowest BCUT2D eigenvalue weighted by Crippen LogP contribution is -2.46. The molecule has 0 radical (unpaired) electrons. The molecule has 0 fully saturated rings. The van der Waals surface area contributed by atoms with Crippen LogP contribution in [-0.4, -0.2) is 21.0 Å². The van der Waals surface area contributed by atoms with E-state index in [9.17, 15) is 8.42 Å². The average Bonchev–Trinajstić information content (AvgIpc) is 2.46. The molecular weight excluding hydrogens is 352 g/mol. The normalized spacial score (nSPS) is 18.4. The van der Waals surface area contributed by atoms with E-state index in [1.807, 2.05) is 24.3 Å². The highest BCUT2D eigenvalue weighted by molar-refractivity contribution is 9.10. The van der Waals surface area contributed by atoms with Crippen molar-refractivity contribution in [2.75, 3.05) is 10.8 Å². The second-order valence-electron chi connectivity index (χ2n) is 5.09. The van der Waals surface area contributed by atoms with Gasteiger partial charge in [-0.3, -0.25) is 4.31 Å². The molecule has 2 aromatic carbocycles. The Balaban J connectivity index is 2.11. The Bertz CT molecular complexity index is 777. The van der Waals surface area contributed by atoms with Crippen LogP contribution in [0.1, 0.15) is 5.56 Å². The van der Waals surface area contributed by atoms with Crippen molar-refractivity contribution in [1.29, 1.82) is 0 Å². The van der Waals surface area contributed by atoms with Gasteiger partial charge in [0.1, 0.15) is 0 Å². The summed E-state index contributed by atoms with van der Waals surface area (Å²) in [5.74, 6) is 0. The predicted molar refractivity (Wildman–Crippen MR) is 86.8 cm³/mol. The number of benzene rings is 2. The van der Waals surface area contributed by atoms with Gasteiger partial charge in [-0.25, -0.2) is 8.42 Å². The first kappa shape index (κ1) is 14.6. The van der Waals surface area contributed by atoms with Crippen LogP contribution in [0, 0.1) is 0 Å². The standard InChI is InChI=1S/C15H15BrN2O2S/c16-12-5-3-6-14(9-12)21(19,20)18-10-13(17)8-11-4-1-2-7-15(11)18/h1-7,9,13H,8,10,17H2. The summed E-state index contributed by atoms with van der Waals surface area (Å²) >= 11 is 3.31. The van der Waals surface area contributed by atoms with E-state index in [0.717, 1.165) is 15.7 Å². The summed E-state index contributed by atoms with van der Waals surface area (Å²) in [4.78, 5) is 0.265. The summed E-state index contributed by atoms with van der Waals surface area (Å²) in [6.07, 6.45) is 0.695. The largest absolute Gasteiger partial charge is 0.326 e. The number of para-hydroxylation sites is 1. The first-order chi connectivity index (χ1) is 9.98. The maximum Gasteiger partial charge on any atom is 0.264 e. The van der Waals surface area contributed by atoms with Crippen LogP contribution in [0.15, 0.2) is 57.9 Å². The first-order valence-electron chi connectivity index (χ1n) is 6.60. The summed E-state index contributed by atoms with van der Waals surface area (Å²) in [5.41, 5.74) is 7.72. The van der Waals surface area contributed by atoms with E-state index in [1.54, 1.807) is 24.3 Å². The van der Waals surface area contributed by atoms with Crippen molar-refractivity contribution >= 4 is 31.6 Å². The molecule has 0 saturated carbocycles. The molecule has 0 aliphatic carbocycles. The third-order valence-electron chi connectivity index (χ3n) is 3.53. The molecule has 0 aromatic heterocycles. The second-order valence-corrected chi connectivity index (χ2v) is 7.86. The Morgan fingerprint density at radius 1 is 1.14 bits per heavy atom. The van der Waals surface area contributed by atoms with Crippen molar-refractivity contribution in [3.8, 4) is 0 Å². The zero-order valence-corrected chi connectivity index (χ0v) is 13.6. The van der Waals surface area contributed by atoms with Gasteiger partial charge in [-0.1, -0.05) is 40.2 Å². The molecule has 2 aromatic rings. The number of halogens is 1. The van der Waals surface area contributed by atoms with Crippen LogP contribution in [0.4, 0.5) is 5.69 Å². The third-order valence-corrected chi connectivity index (χ3v) is 5.80. The van der Waals surface area contributed by atoms with Crippen LogP contribution in [0.25, 0.3) is 0 Å². The lowest BCUT2D eigenvalue weighted by molar-refractivity contribution is 0.575. The van der Waals surface area contributed by atoms with E-state index < -0.39 is 10.0 Å². The second kappa shape index (κ2) is 5.44. The predicted octanol–water partition coefficient (Wildman–Crippen LogP) is 2.53. The lowest BCUT2D eigenvalue weighted by Gasteiger charge is -2.33. The lowest BCUT2D eigenvalue weighted by atomic mass is 10.0. The minimum atomic E-state index is -3.61. The van der Waals surface area contributed by atoms with E-state index in [1.165, 1.54) is 4.31 Å². The van der Waals surface area contributed by atoms with Gasteiger partial charge in [-0.05, 0) is 36.2 Å². The number of sulfonamides is 1. The molecule has 0 amide bonds. The van der Waals surface area contributed by atoms with Crippen molar-refractivity contribution < 1.29 is 8.42 Å². The molecule has 6 heteroatoms. The van der Waals surface area contributed by atoms with Crippen LogP contribution >= 0.6 is 15.9 Å². The molecule has 1 aliphatic heterocycles. The summed E-state index contributed by atoms with van der Waals surface area (Å²) in [6.45, 7) is 0.297. The molecule has 0 saturated heterocycles. The van der Waals surface area contributed by atoms with Crippen LogP contribution in [0.3, 0.4) is 0 Å². The highest BCUT2D eigenvalue weighted by atomic mass is 79.9. The fourth-order valence-electron chi connectivity index (χ4n) is 2.57. The molecule has 1 unspecified atom stereocenters. The SMILES string of the molecule is NC1Cc2ccccc2N(S(=O)(=O)c2cccc(Br)c2)C1. The molecule has 110 valence electrons. The minimum absolute atomic E-state index is 0.193. The topological polar surface area (TPSA) is 63.4 Å². The number of anilines is 1. The van der Waals surface area contributed by atoms with Crippen molar-refractivity contribution in [1.82, 2.24) is 0 Å². The number of nitrogens with two attached hydrogens (primary N) is 1. The molecule has 3 rings (SSSR count). The highest BCUT2D eigenvalue weighted by Gasteiger charge is 2.31. The Hall–Kier alpha value is -1.37. The van der Waals surface area contributed by atoms with Crippen molar-refractivity contribution in [2.45, 2.75) is 17.4 Å². The van der Waals surface area contributed by atoms with Gasteiger partial charge < -0.3 is 5.73 Å². The molecule has 4 nitrogen and oxygen atoms in total. The van der Waals surface area contributed by atoms with Gasteiger partial charge in [0.2, 0.25) is 0 Å². The maximum absolute atomic E-state index is 12.9. The Morgan fingerprint density at radius 3 is 2.67 bits per heavy atom. The molecule has 2 N–H and O–H groups in total. The maximum atomic E-state index is 12.9. The molecule has 0 spiro atoms. The summed E-state index contributed by atoms with van der Waals surface area (Å²) in [7, 11) is -3.61. The zero-order chi connectivity index (χ0) is 15.0. The monoisotopic (exact) mass is 366 g/mol. The number of fused-ring (bicyclic) bond motifs is 1. The quantitative estimate of drug-likeness (QED) is 0.887. The molecular formula is C15H15BrN2O2S. The van der Waals surface area contributed by atoms with E-state index in [2.05, 4.69) is 15.9 Å². The average molecular weight is 367 g/mol. The minimum Gasteiger partial charge on any atom is -0.326 e. The zero-order valence-electron chi connectivity index (χ0n) is 11.2. The molecule has 1 aliphatic rings. The fourth-order valence-corrected chi connectivity index (χ4v) is 4.72. The molecule has 21 heavy (non-hydrogen) atoms. The van der Waals surface area contributed by atoms with Gasteiger partial charge in [0, 0.05) is 17.1 Å². The van der Waals surface area contributed by atoms with Gasteiger partial charge in [-0.15, -0.1) is 0 Å². The Morgan fingerprint density at radius 2 is 1.90 bits per heavy atom. The number of hydrogen-bond acceptors (Lipinski definition) is 3. The highest BCUT2D eigenvalue weighted by Crippen LogP contribution is 2.32. The van der Waals surface area contributed by atoms with Crippen LogP contribution in [-0.2, 0) is 16.4 Å². The van der Waals surface area contributed by atoms with Gasteiger partial charge >= 0.3 is 0 Å². The number of rotatable bonds is 2. The Kier molecular flexibility index (Phi) is 3.77. The van der Waals surface area contributed by atoms with Crippen molar-refractivity contribution in [3.63, 3.8) is 0 Å². The molecule has 1 heterocycles. The van der Waals surface area contributed by atoms with E-state index in [-0.39, 0.29) is 10.9 Å². The Labute approximate surface area is 132 Å².